The molecule has 0 radical (unpaired) electrons. The van der Waals surface area contributed by atoms with Gasteiger partial charge >= 0.3 is 0 Å². The van der Waals surface area contributed by atoms with Crippen molar-refractivity contribution >= 4 is 43.5 Å². The Kier molecular flexibility index (Phi) is 12.0. The molecule has 8 nitrogen and oxygen atoms in total. The molecular weight excluding hydrogens is 618 g/mol. The fraction of sp³-hybridized carbons (Fsp3) is 0.375. The number of anilines is 1. The second-order valence-corrected chi connectivity index (χ2v) is 12.9. The fourth-order valence-electron chi connectivity index (χ4n) is 4.51. The first kappa shape index (κ1) is 33.1. The highest BCUT2D eigenvalue weighted by Crippen LogP contribution is 2.27. The summed E-state index contributed by atoms with van der Waals surface area (Å²) in [6.45, 7) is 9.68. The average molecular weight is 659 g/mol. The van der Waals surface area contributed by atoms with E-state index in [0.717, 1.165) is 26.3 Å². The molecule has 0 unspecified atom stereocenters. The van der Waals surface area contributed by atoms with E-state index in [1.807, 2.05) is 58.9 Å². The number of benzene rings is 3. The monoisotopic (exact) mass is 657 g/mol. The van der Waals surface area contributed by atoms with E-state index in [1.54, 1.807) is 36.4 Å². The summed E-state index contributed by atoms with van der Waals surface area (Å²) in [5.74, 6) is -0.170. The van der Waals surface area contributed by atoms with Gasteiger partial charge in [0, 0.05) is 17.1 Å². The quantitative estimate of drug-likeness (QED) is 0.227. The van der Waals surface area contributed by atoms with Crippen molar-refractivity contribution < 1.29 is 22.7 Å². The number of amides is 2. The maximum Gasteiger partial charge on any atom is 0.264 e. The Morgan fingerprint density at radius 2 is 1.62 bits per heavy atom. The second-order valence-electron chi connectivity index (χ2n) is 10.1. The molecule has 0 fully saturated rings. The van der Waals surface area contributed by atoms with Crippen molar-refractivity contribution in [2.45, 2.75) is 71.0 Å². The zero-order valence-corrected chi connectivity index (χ0v) is 27.2. The lowest BCUT2D eigenvalue weighted by Crippen LogP contribution is -2.53. The lowest BCUT2D eigenvalue weighted by molar-refractivity contribution is -0.140. The van der Waals surface area contributed by atoms with Crippen molar-refractivity contribution in [1.29, 1.82) is 0 Å². The number of nitrogens with zero attached hydrogens (tertiary/aromatic N) is 2. The number of carbonyl (C=O) groups excluding carboxylic acids is 2. The van der Waals surface area contributed by atoms with E-state index in [-0.39, 0.29) is 23.4 Å². The van der Waals surface area contributed by atoms with Crippen molar-refractivity contribution in [2.75, 3.05) is 17.5 Å². The molecule has 0 spiro atoms. The van der Waals surface area contributed by atoms with Gasteiger partial charge < -0.3 is 15.0 Å². The van der Waals surface area contributed by atoms with Gasteiger partial charge in [0.05, 0.1) is 17.2 Å². The number of nitrogens with one attached hydrogen (secondary N) is 1. The molecule has 0 saturated carbocycles. The van der Waals surface area contributed by atoms with Crippen LogP contribution in [0.2, 0.25) is 0 Å². The van der Waals surface area contributed by atoms with E-state index in [1.165, 1.54) is 17.0 Å². The Balaban J connectivity index is 2.06. The summed E-state index contributed by atoms with van der Waals surface area (Å²) in [5, 5.41) is 2.99. The first-order chi connectivity index (χ1) is 20.0. The lowest BCUT2D eigenvalue weighted by atomic mass is 10.1. The number of carbonyl (C=O) groups is 2. The number of sulfonamides is 1. The van der Waals surface area contributed by atoms with Crippen LogP contribution in [0.1, 0.15) is 51.7 Å². The Hall–Kier alpha value is -3.37. The van der Waals surface area contributed by atoms with Gasteiger partial charge in [0.2, 0.25) is 11.8 Å². The highest BCUT2D eigenvalue weighted by molar-refractivity contribution is 9.10. The molecule has 3 aromatic carbocycles. The first-order valence-electron chi connectivity index (χ1n) is 14.2. The molecule has 10 heteroatoms. The molecule has 0 aliphatic heterocycles. The average Bonchev–Trinajstić information content (AvgIpc) is 2.96. The minimum Gasteiger partial charge on any atom is -0.494 e. The Morgan fingerprint density at radius 1 is 0.952 bits per heavy atom. The van der Waals surface area contributed by atoms with Crippen molar-refractivity contribution in [1.82, 2.24) is 10.2 Å². The van der Waals surface area contributed by atoms with Gasteiger partial charge in [0.1, 0.15) is 18.3 Å². The summed E-state index contributed by atoms with van der Waals surface area (Å²) < 4.78 is 35.4. The lowest BCUT2D eigenvalue weighted by Gasteiger charge is -2.33. The van der Waals surface area contributed by atoms with E-state index < -0.39 is 28.5 Å². The third-order valence-electron chi connectivity index (χ3n) is 6.94. The summed E-state index contributed by atoms with van der Waals surface area (Å²) in [7, 11) is -4.16. The van der Waals surface area contributed by atoms with Gasteiger partial charge in [-0.1, -0.05) is 59.6 Å². The number of hydrogen-bond donors (Lipinski definition) is 1. The second kappa shape index (κ2) is 15.2. The van der Waals surface area contributed by atoms with Crippen LogP contribution in [0.5, 0.6) is 5.75 Å². The van der Waals surface area contributed by atoms with Gasteiger partial charge in [-0.3, -0.25) is 13.9 Å². The maximum absolute atomic E-state index is 14.2. The topological polar surface area (TPSA) is 96.0 Å². The van der Waals surface area contributed by atoms with E-state index >= 15 is 0 Å². The smallest absolute Gasteiger partial charge is 0.264 e. The molecule has 0 aliphatic carbocycles. The Morgan fingerprint density at radius 3 is 2.19 bits per heavy atom. The normalized spacial score (nSPS) is 12.7. The number of aryl methyl sites for hydroxylation is 1. The standard InChI is InChI=1S/C32H40BrN3O5S/c1-6-24(5)34-32(38)30(7-2)35(21-25-11-9-10-23(4)20-25)31(37)22-36(27-14-16-28(17-15-27)41-8-3)42(39,40)29-18-12-26(33)13-19-29/h9-20,24,30H,6-8,21-22H2,1-5H3,(H,34,38)/t24-,30-/m0/s1. The molecule has 3 aromatic rings. The summed E-state index contributed by atoms with van der Waals surface area (Å²) in [6.07, 6.45) is 1.10. The fourth-order valence-corrected chi connectivity index (χ4v) is 6.18. The van der Waals surface area contributed by atoms with Crippen LogP contribution >= 0.6 is 15.9 Å². The van der Waals surface area contributed by atoms with Crippen molar-refractivity contribution in [3.8, 4) is 5.75 Å². The van der Waals surface area contributed by atoms with E-state index in [0.29, 0.717) is 24.5 Å². The van der Waals surface area contributed by atoms with Gasteiger partial charge in [-0.15, -0.1) is 0 Å². The summed E-state index contributed by atoms with van der Waals surface area (Å²) in [4.78, 5) is 29.1. The molecule has 2 atom stereocenters. The summed E-state index contributed by atoms with van der Waals surface area (Å²) >= 11 is 3.35. The van der Waals surface area contributed by atoms with E-state index in [2.05, 4.69) is 21.2 Å². The molecule has 226 valence electrons. The van der Waals surface area contributed by atoms with Crippen LogP contribution in [0.3, 0.4) is 0 Å². The predicted octanol–water partition coefficient (Wildman–Crippen LogP) is 6.07. The van der Waals surface area contributed by atoms with Crippen LogP contribution < -0.4 is 14.4 Å². The molecule has 2 amide bonds. The van der Waals surface area contributed by atoms with Crippen LogP contribution in [0.15, 0.2) is 82.2 Å². The summed E-state index contributed by atoms with van der Waals surface area (Å²) in [5.41, 5.74) is 2.18. The maximum atomic E-state index is 14.2. The minimum absolute atomic E-state index is 0.0409. The Bertz CT molecular complexity index is 1450. The van der Waals surface area contributed by atoms with Gasteiger partial charge in [-0.2, -0.15) is 0 Å². The predicted molar refractivity (Wildman–Crippen MR) is 170 cm³/mol. The minimum atomic E-state index is -4.16. The number of halogens is 1. The van der Waals surface area contributed by atoms with Crippen molar-refractivity contribution in [2.24, 2.45) is 0 Å². The molecule has 0 bridgehead atoms. The zero-order valence-electron chi connectivity index (χ0n) is 24.8. The molecule has 0 aromatic heterocycles. The van der Waals surface area contributed by atoms with Gasteiger partial charge in [0.25, 0.3) is 10.0 Å². The summed E-state index contributed by atoms with van der Waals surface area (Å²) in [6, 6.07) is 19.7. The van der Waals surface area contributed by atoms with Crippen LogP contribution in [0, 0.1) is 6.92 Å². The van der Waals surface area contributed by atoms with Crippen LogP contribution in [-0.2, 0) is 26.2 Å². The van der Waals surface area contributed by atoms with Gasteiger partial charge in [-0.05, 0) is 87.7 Å². The molecule has 3 rings (SSSR count). The number of hydrogen-bond acceptors (Lipinski definition) is 5. The van der Waals surface area contributed by atoms with E-state index in [9.17, 15) is 18.0 Å². The van der Waals surface area contributed by atoms with E-state index in [4.69, 9.17) is 4.74 Å². The molecule has 42 heavy (non-hydrogen) atoms. The molecular formula is C32H40BrN3O5S. The third-order valence-corrected chi connectivity index (χ3v) is 9.26. The van der Waals surface area contributed by atoms with Crippen LogP contribution in [-0.4, -0.2) is 50.4 Å². The van der Waals surface area contributed by atoms with Crippen molar-refractivity contribution in [3.63, 3.8) is 0 Å². The number of rotatable bonds is 14. The SMILES string of the molecule is CCOc1ccc(N(CC(=O)N(Cc2cccc(C)c2)[C@@H](CC)C(=O)N[C@@H](C)CC)S(=O)(=O)c2ccc(Br)cc2)cc1. The third kappa shape index (κ3) is 8.58. The zero-order chi connectivity index (χ0) is 30.9. The number of ether oxygens (including phenoxy) is 1. The van der Waals surface area contributed by atoms with Crippen molar-refractivity contribution in [3.05, 3.63) is 88.4 Å². The van der Waals surface area contributed by atoms with Gasteiger partial charge in [-0.25, -0.2) is 8.42 Å². The molecule has 1 N–H and O–H groups in total. The highest BCUT2D eigenvalue weighted by Gasteiger charge is 2.34. The molecule has 0 saturated heterocycles. The molecule has 0 heterocycles. The van der Waals surface area contributed by atoms with Crippen LogP contribution in [0.25, 0.3) is 0 Å². The first-order valence-corrected chi connectivity index (χ1v) is 16.4. The van der Waals surface area contributed by atoms with Gasteiger partial charge in [0.15, 0.2) is 0 Å². The highest BCUT2D eigenvalue weighted by atomic mass is 79.9. The largest absolute Gasteiger partial charge is 0.494 e. The van der Waals surface area contributed by atoms with Crippen LogP contribution in [0.4, 0.5) is 5.69 Å². The molecule has 0 aliphatic rings. The Labute approximate surface area is 258 Å².